The quantitative estimate of drug-likeness (QED) is 0.572. The minimum Gasteiger partial charge on any atom is -0.493 e. The molecule has 2 aromatic carbocycles. The summed E-state index contributed by atoms with van der Waals surface area (Å²) in [6, 6.07) is 12.0. The number of ether oxygens (including phenoxy) is 4. The molecule has 0 spiro atoms. The average molecular weight is 356 g/mol. The van der Waals surface area contributed by atoms with Crippen molar-refractivity contribution in [3.63, 3.8) is 0 Å². The van der Waals surface area contributed by atoms with Gasteiger partial charge in [0.2, 0.25) is 0 Å². The van der Waals surface area contributed by atoms with E-state index in [0.29, 0.717) is 26.4 Å². The molecule has 0 aliphatic rings. The van der Waals surface area contributed by atoms with Crippen LogP contribution in [0.5, 0.6) is 17.2 Å². The fourth-order valence-electron chi connectivity index (χ4n) is 2.65. The normalized spacial score (nSPS) is 10.9. The van der Waals surface area contributed by atoms with Gasteiger partial charge in [-0.05, 0) is 61.7 Å². The summed E-state index contributed by atoms with van der Waals surface area (Å²) >= 11 is 0. The summed E-state index contributed by atoms with van der Waals surface area (Å²) in [4.78, 5) is 0. The van der Waals surface area contributed by atoms with E-state index in [1.54, 1.807) is 7.11 Å². The van der Waals surface area contributed by atoms with E-state index >= 15 is 0 Å². The Morgan fingerprint density at radius 3 is 2.15 bits per heavy atom. The molecule has 0 saturated carbocycles. The van der Waals surface area contributed by atoms with Gasteiger partial charge in [0.05, 0.1) is 20.3 Å². The molecule has 0 aliphatic carbocycles. The van der Waals surface area contributed by atoms with E-state index in [9.17, 15) is 0 Å². The van der Waals surface area contributed by atoms with Crippen molar-refractivity contribution in [2.45, 2.75) is 20.8 Å². The van der Waals surface area contributed by atoms with Gasteiger partial charge in [-0.15, -0.1) is 0 Å². The zero-order valence-electron chi connectivity index (χ0n) is 16.1. The fourth-order valence-corrected chi connectivity index (χ4v) is 2.65. The topological polar surface area (TPSA) is 36.9 Å². The maximum atomic E-state index is 5.74. The first-order chi connectivity index (χ1) is 12.6. The molecule has 2 rings (SSSR count). The zero-order chi connectivity index (χ0) is 18.8. The van der Waals surface area contributed by atoms with Gasteiger partial charge in [0.25, 0.3) is 0 Å². The van der Waals surface area contributed by atoms with Crippen LogP contribution in [0.1, 0.15) is 23.6 Å². The Balaban J connectivity index is 1.67. The second kappa shape index (κ2) is 10.5. The molecule has 26 heavy (non-hydrogen) atoms. The molecule has 2 aromatic rings. The van der Waals surface area contributed by atoms with Crippen molar-refractivity contribution in [3.8, 4) is 17.2 Å². The van der Waals surface area contributed by atoms with Crippen molar-refractivity contribution < 1.29 is 18.9 Å². The lowest BCUT2D eigenvalue weighted by Gasteiger charge is -2.12. The fraction of sp³-hybridized carbons (Fsp3) is 0.364. The van der Waals surface area contributed by atoms with Gasteiger partial charge in [0, 0.05) is 0 Å². The molecule has 0 N–H and O–H groups in total. The van der Waals surface area contributed by atoms with E-state index < -0.39 is 0 Å². The van der Waals surface area contributed by atoms with Crippen LogP contribution in [-0.2, 0) is 4.74 Å². The van der Waals surface area contributed by atoms with Gasteiger partial charge in [-0.2, -0.15) is 0 Å². The summed E-state index contributed by atoms with van der Waals surface area (Å²) < 4.78 is 22.4. The Hall–Kier alpha value is -2.46. The largest absolute Gasteiger partial charge is 0.493 e. The highest BCUT2D eigenvalue weighted by molar-refractivity contribution is 5.55. The zero-order valence-corrected chi connectivity index (χ0v) is 16.1. The first-order valence-electron chi connectivity index (χ1n) is 8.84. The Labute approximate surface area is 156 Å². The molecule has 0 aromatic heterocycles. The van der Waals surface area contributed by atoms with Crippen LogP contribution in [0.2, 0.25) is 0 Å². The van der Waals surface area contributed by atoms with Gasteiger partial charge in [-0.1, -0.05) is 24.3 Å². The summed E-state index contributed by atoms with van der Waals surface area (Å²) in [5.41, 5.74) is 3.48. The average Bonchev–Trinajstić information content (AvgIpc) is 2.61. The minimum atomic E-state index is 0.461. The number of allylic oxidation sites excluding steroid dienone is 1. The minimum absolute atomic E-state index is 0.461. The van der Waals surface area contributed by atoms with Gasteiger partial charge in [-0.25, -0.2) is 0 Å². The smallest absolute Gasteiger partial charge is 0.161 e. The van der Waals surface area contributed by atoms with Gasteiger partial charge >= 0.3 is 0 Å². The monoisotopic (exact) mass is 356 g/mol. The summed E-state index contributed by atoms with van der Waals surface area (Å²) in [5.74, 6) is 2.32. The predicted octanol–water partition coefficient (Wildman–Crippen LogP) is 4.82. The highest BCUT2D eigenvalue weighted by Crippen LogP contribution is 2.28. The van der Waals surface area contributed by atoms with Gasteiger partial charge < -0.3 is 18.9 Å². The molecule has 0 bridgehead atoms. The molecule has 0 heterocycles. The molecule has 0 aliphatic heterocycles. The lowest BCUT2D eigenvalue weighted by molar-refractivity contribution is 0.0757. The molecule has 4 heteroatoms. The Morgan fingerprint density at radius 2 is 1.50 bits per heavy atom. The molecule has 0 saturated heterocycles. The standard InChI is InChI=1S/C22H28O4/c1-5-6-19-7-8-21(22(16-19)23-4)26-12-10-24-9-11-25-20-14-17(2)13-18(3)15-20/h5-8,13-16H,9-12H2,1-4H3/b6-5+. The van der Waals surface area contributed by atoms with Crippen molar-refractivity contribution in [3.05, 3.63) is 59.2 Å². The van der Waals surface area contributed by atoms with Crippen LogP contribution >= 0.6 is 0 Å². The van der Waals surface area contributed by atoms with Crippen LogP contribution in [0.25, 0.3) is 6.08 Å². The summed E-state index contributed by atoms with van der Waals surface area (Å²) in [6.45, 7) is 8.11. The van der Waals surface area contributed by atoms with E-state index in [4.69, 9.17) is 18.9 Å². The van der Waals surface area contributed by atoms with E-state index in [-0.39, 0.29) is 0 Å². The molecule has 140 valence electrons. The Bertz CT molecular complexity index is 702. The van der Waals surface area contributed by atoms with E-state index in [0.717, 1.165) is 22.8 Å². The highest BCUT2D eigenvalue weighted by Gasteiger charge is 2.04. The molecule has 4 nitrogen and oxygen atoms in total. The number of rotatable bonds is 10. The third-order valence-electron chi connectivity index (χ3n) is 3.72. The first-order valence-corrected chi connectivity index (χ1v) is 8.84. The van der Waals surface area contributed by atoms with E-state index in [2.05, 4.69) is 19.9 Å². The van der Waals surface area contributed by atoms with Crippen LogP contribution in [-0.4, -0.2) is 33.5 Å². The number of methoxy groups -OCH3 is 1. The molecule has 0 atom stereocenters. The van der Waals surface area contributed by atoms with Gasteiger partial charge in [0.1, 0.15) is 19.0 Å². The second-order valence-corrected chi connectivity index (χ2v) is 6.04. The van der Waals surface area contributed by atoms with Crippen molar-refractivity contribution in [2.75, 3.05) is 33.5 Å². The molecule has 0 amide bonds. The van der Waals surface area contributed by atoms with Crippen LogP contribution in [0.4, 0.5) is 0 Å². The van der Waals surface area contributed by atoms with Crippen LogP contribution in [0, 0.1) is 13.8 Å². The molecule has 0 radical (unpaired) electrons. The summed E-state index contributed by atoms with van der Waals surface area (Å²) in [6.07, 6.45) is 4.01. The number of hydrogen-bond donors (Lipinski definition) is 0. The van der Waals surface area contributed by atoms with E-state index in [1.165, 1.54) is 11.1 Å². The lowest BCUT2D eigenvalue weighted by atomic mass is 10.1. The van der Waals surface area contributed by atoms with Gasteiger partial charge in [-0.3, -0.25) is 0 Å². The predicted molar refractivity (Wildman–Crippen MR) is 105 cm³/mol. The number of hydrogen-bond acceptors (Lipinski definition) is 4. The Kier molecular flexibility index (Phi) is 8.03. The van der Waals surface area contributed by atoms with Crippen molar-refractivity contribution in [2.24, 2.45) is 0 Å². The highest BCUT2D eigenvalue weighted by atomic mass is 16.6. The maximum Gasteiger partial charge on any atom is 0.161 e. The van der Waals surface area contributed by atoms with Crippen LogP contribution < -0.4 is 14.2 Å². The SMILES string of the molecule is C/C=C/c1ccc(OCCOCCOc2cc(C)cc(C)c2)c(OC)c1. The summed E-state index contributed by atoms with van der Waals surface area (Å²) in [7, 11) is 1.64. The third kappa shape index (κ3) is 6.45. The molecule has 0 unspecified atom stereocenters. The van der Waals surface area contributed by atoms with Crippen LogP contribution in [0.15, 0.2) is 42.5 Å². The van der Waals surface area contributed by atoms with Crippen molar-refractivity contribution >= 4 is 6.08 Å². The lowest BCUT2D eigenvalue weighted by Crippen LogP contribution is -2.12. The molecular weight excluding hydrogens is 328 g/mol. The third-order valence-corrected chi connectivity index (χ3v) is 3.72. The number of aryl methyl sites for hydroxylation is 2. The second-order valence-electron chi connectivity index (χ2n) is 6.04. The first kappa shape index (κ1) is 19.9. The Morgan fingerprint density at radius 1 is 0.808 bits per heavy atom. The van der Waals surface area contributed by atoms with Crippen molar-refractivity contribution in [1.29, 1.82) is 0 Å². The maximum absolute atomic E-state index is 5.74. The van der Waals surface area contributed by atoms with Crippen LogP contribution in [0.3, 0.4) is 0 Å². The van der Waals surface area contributed by atoms with Gasteiger partial charge in [0.15, 0.2) is 11.5 Å². The molecule has 0 fully saturated rings. The van der Waals surface area contributed by atoms with E-state index in [1.807, 2.05) is 49.4 Å². The molecular formula is C22H28O4. The number of benzene rings is 2. The van der Waals surface area contributed by atoms with Crippen molar-refractivity contribution in [1.82, 2.24) is 0 Å². The summed E-state index contributed by atoms with van der Waals surface area (Å²) in [5, 5.41) is 0.